The van der Waals surface area contributed by atoms with Gasteiger partial charge < -0.3 is 4.74 Å². The molecule has 164 valence electrons. The molecule has 1 aliphatic heterocycles. The normalized spacial score (nSPS) is 12.9. The zero-order chi connectivity index (χ0) is 22.8. The minimum Gasteiger partial charge on any atom is -0.483 e. The minimum atomic E-state index is -0.371. The Kier molecular flexibility index (Phi) is 6.00. The number of fused-ring (bicyclic) bond motifs is 1. The number of benzene rings is 2. The first-order chi connectivity index (χ1) is 15.3. The van der Waals surface area contributed by atoms with Crippen molar-refractivity contribution >= 4 is 34.2 Å². The molecular weight excluding hydrogens is 428 g/mol. The number of amides is 3. The maximum absolute atomic E-state index is 12.5. The number of hydrogen-bond donors (Lipinski definition) is 1. The molecule has 0 spiro atoms. The number of aromatic nitrogens is 2. The molecule has 32 heavy (non-hydrogen) atoms. The summed E-state index contributed by atoms with van der Waals surface area (Å²) < 4.78 is 5.74. The van der Waals surface area contributed by atoms with Gasteiger partial charge in [-0.2, -0.15) is 0 Å². The summed E-state index contributed by atoms with van der Waals surface area (Å²) in [7, 11) is 0. The van der Waals surface area contributed by atoms with Crippen molar-refractivity contribution in [2.24, 2.45) is 0 Å². The first-order valence-corrected chi connectivity index (χ1v) is 11.0. The second kappa shape index (κ2) is 8.88. The standard InChI is InChI=1S/C23H22N4O4S/c1-13(2)15-9-8-14(3)10-18(15)31-12-19(28)24-23-26-25-20(32-23)11-27-21(29)16-6-4-5-7-17(16)22(27)30/h4-10,13H,11-12H2,1-3H3,(H,24,26,28). The number of ether oxygens (including phenoxy) is 1. The van der Waals surface area contributed by atoms with Gasteiger partial charge in [-0.05, 0) is 42.2 Å². The lowest BCUT2D eigenvalue weighted by molar-refractivity contribution is -0.118. The number of aryl methyl sites for hydroxylation is 1. The molecule has 0 saturated carbocycles. The minimum absolute atomic E-state index is 0.00256. The van der Waals surface area contributed by atoms with E-state index < -0.39 is 0 Å². The van der Waals surface area contributed by atoms with Crippen LogP contribution in [0.25, 0.3) is 0 Å². The SMILES string of the molecule is Cc1ccc(C(C)C)c(OCC(=O)Nc2nnc(CN3C(=O)c4ccccc4C3=O)s2)c1. The molecule has 4 rings (SSSR count). The molecule has 8 nitrogen and oxygen atoms in total. The molecule has 1 aliphatic rings. The van der Waals surface area contributed by atoms with E-state index in [9.17, 15) is 14.4 Å². The average molecular weight is 451 g/mol. The lowest BCUT2D eigenvalue weighted by Crippen LogP contribution is -2.29. The third kappa shape index (κ3) is 4.38. The van der Waals surface area contributed by atoms with Crippen LogP contribution in [0.2, 0.25) is 0 Å². The molecule has 2 heterocycles. The molecule has 0 aliphatic carbocycles. The lowest BCUT2D eigenvalue weighted by Gasteiger charge is -2.14. The second-order valence-electron chi connectivity index (χ2n) is 7.78. The second-order valence-corrected chi connectivity index (χ2v) is 8.84. The number of nitrogens with zero attached hydrogens (tertiary/aromatic N) is 3. The molecule has 0 atom stereocenters. The molecule has 1 aromatic heterocycles. The Balaban J connectivity index is 1.36. The summed E-state index contributed by atoms with van der Waals surface area (Å²) in [5, 5.41) is 11.3. The third-order valence-corrected chi connectivity index (χ3v) is 5.86. The van der Waals surface area contributed by atoms with E-state index in [-0.39, 0.29) is 41.9 Å². The van der Waals surface area contributed by atoms with E-state index >= 15 is 0 Å². The predicted molar refractivity (Wildman–Crippen MR) is 120 cm³/mol. The van der Waals surface area contributed by atoms with Gasteiger partial charge in [-0.15, -0.1) is 10.2 Å². The van der Waals surface area contributed by atoms with E-state index in [1.54, 1.807) is 24.3 Å². The number of anilines is 1. The number of carbonyl (C=O) groups is 3. The van der Waals surface area contributed by atoms with Gasteiger partial charge in [-0.1, -0.05) is 49.4 Å². The smallest absolute Gasteiger partial charge is 0.264 e. The van der Waals surface area contributed by atoms with Crippen molar-refractivity contribution in [3.63, 3.8) is 0 Å². The van der Waals surface area contributed by atoms with Crippen molar-refractivity contribution in [3.8, 4) is 5.75 Å². The van der Waals surface area contributed by atoms with Gasteiger partial charge >= 0.3 is 0 Å². The Morgan fingerprint density at radius 2 is 1.78 bits per heavy atom. The van der Waals surface area contributed by atoms with E-state index in [0.717, 1.165) is 27.4 Å². The Labute approximate surface area is 189 Å². The van der Waals surface area contributed by atoms with Crippen molar-refractivity contribution in [2.45, 2.75) is 33.2 Å². The largest absolute Gasteiger partial charge is 0.483 e. The fourth-order valence-electron chi connectivity index (χ4n) is 3.43. The van der Waals surface area contributed by atoms with Crippen molar-refractivity contribution in [2.75, 3.05) is 11.9 Å². The van der Waals surface area contributed by atoms with Gasteiger partial charge in [-0.3, -0.25) is 24.6 Å². The van der Waals surface area contributed by atoms with Crippen LogP contribution in [-0.4, -0.2) is 39.4 Å². The Bertz CT molecular complexity index is 1170. The lowest BCUT2D eigenvalue weighted by atomic mass is 10.0. The number of hydrogen-bond acceptors (Lipinski definition) is 7. The van der Waals surface area contributed by atoms with E-state index in [0.29, 0.717) is 21.9 Å². The fourth-order valence-corrected chi connectivity index (χ4v) is 4.17. The van der Waals surface area contributed by atoms with Crippen LogP contribution >= 0.6 is 11.3 Å². The van der Waals surface area contributed by atoms with E-state index in [1.165, 1.54) is 0 Å². The molecule has 1 N–H and O–H groups in total. The molecule has 0 fully saturated rings. The molecular formula is C23H22N4O4S. The Hall–Kier alpha value is -3.59. The summed E-state index contributed by atoms with van der Waals surface area (Å²) >= 11 is 1.11. The van der Waals surface area contributed by atoms with Gasteiger partial charge in [0.25, 0.3) is 17.7 Å². The van der Waals surface area contributed by atoms with Crippen LogP contribution in [0.3, 0.4) is 0 Å². The summed E-state index contributed by atoms with van der Waals surface area (Å²) in [5.74, 6) is -0.150. The third-order valence-electron chi connectivity index (χ3n) is 5.03. The van der Waals surface area contributed by atoms with E-state index in [4.69, 9.17) is 4.74 Å². The molecule has 9 heteroatoms. The van der Waals surface area contributed by atoms with Crippen LogP contribution in [0.15, 0.2) is 42.5 Å². The maximum Gasteiger partial charge on any atom is 0.264 e. The highest BCUT2D eigenvalue weighted by Crippen LogP contribution is 2.28. The molecule has 3 amide bonds. The van der Waals surface area contributed by atoms with Gasteiger partial charge in [0.15, 0.2) is 6.61 Å². The van der Waals surface area contributed by atoms with E-state index in [2.05, 4.69) is 29.4 Å². The van der Waals surface area contributed by atoms with Crippen molar-refractivity contribution in [1.82, 2.24) is 15.1 Å². The molecule has 0 radical (unpaired) electrons. The van der Waals surface area contributed by atoms with Gasteiger partial charge in [0, 0.05) is 0 Å². The zero-order valence-electron chi connectivity index (χ0n) is 17.9. The number of rotatable bonds is 7. The highest BCUT2D eigenvalue weighted by molar-refractivity contribution is 7.15. The summed E-state index contributed by atoms with van der Waals surface area (Å²) in [6, 6.07) is 12.6. The van der Waals surface area contributed by atoms with Crippen molar-refractivity contribution < 1.29 is 19.1 Å². The molecule has 2 aromatic carbocycles. The molecule has 0 bridgehead atoms. The number of nitrogens with one attached hydrogen (secondary N) is 1. The summed E-state index contributed by atoms with van der Waals surface area (Å²) in [5.41, 5.74) is 2.84. The summed E-state index contributed by atoms with van der Waals surface area (Å²) in [6.45, 7) is 5.92. The van der Waals surface area contributed by atoms with Crippen LogP contribution in [0.1, 0.15) is 56.6 Å². The fraction of sp³-hybridized carbons (Fsp3) is 0.261. The van der Waals surface area contributed by atoms with Crippen LogP contribution in [0, 0.1) is 6.92 Å². The van der Waals surface area contributed by atoms with Gasteiger partial charge in [-0.25, -0.2) is 0 Å². The van der Waals surface area contributed by atoms with Gasteiger partial charge in [0.05, 0.1) is 17.7 Å². The van der Waals surface area contributed by atoms with Gasteiger partial charge in [0.2, 0.25) is 5.13 Å². The van der Waals surface area contributed by atoms with Crippen LogP contribution in [0.5, 0.6) is 5.75 Å². The molecule has 0 saturated heterocycles. The number of imide groups is 1. The molecule has 0 unspecified atom stereocenters. The maximum atomic E-state index is 12.5. The number of carbonyl (C=O) groups excluding carboxylic acids is 3. The van der Waals surface area contributed by atoms with Gasteiger partial charge in [0.1, 0.15) is 10.8 Å². The summed E-state index contributed by atoms with van der Waals surface area (Å²) in [6.07, 6.45) is 0. The average Bonchev–Trinajstić information content (AvgIpc) is 3.30. The topological polar surface area (TPSA) is 101 Å². The van der Waals surface area contributed by atoms with Crippen molar-refractivity contribution in [1.29, 1.82) is 0 Å². The Morgan fingerprint density at radius 1 is 1.09 bits per heavy atom. The molecule has 3 aromatic rings. The highest BCUT2D eigenvalue weighted by Gasteiger charge is 2.35. The predicted octanol–water partition coefficient (Wildman–Crippen LogP) is 3.78. The van der Waals surface area contributed by atoms with Crippen LogP contribution in [-0.2, 0) is 11.3 Å². The first-order valence-electron chi connectivity index (χ1n) is 10.1. The van der Waals surface area contributed by atoms with Crippen LogP contribution in [0.4, 0.5) is 5.13 Å². The zero-order valence-corrected chi connectivity index (χ0v) is 18.7. The highest BCUT2D eigenvalue weighted by atomic mass is 32.1. The first kappa shape index (κ1) is 21.6. The van der Waals surface area contributed by atoms with E-state index in [1.807, 2.05) is 25.1 Å². The van der Waals surface area contributed by atoms with Crippen molar-refractivity contribution in [3.05, 3.63) is 69.7 Å². The quantitative estimate of drug-likeness (QED) is 0.550. The van der Waals surface area contributed by atoms with Crippen LogP contribution < -0.4 is 10.1 Å². The summed E-state index contributed by atoms with van der Waals surface area (Å²) in [4.78, 5) is 38.5. The monoisotopic (exact) mass is 450 g/mol. The Morgan fingerprint density at radius 3 is 2.44 bits per heavy atom.